The van der Waals surface area contributed by atoms with Gasteiger partial charge in [-0.15, -0.1) is 13.2 Å². The fourth-order valence-electron chi connectivity index (χ4n) is 5.81. The van der Waals surface area contributed by atoms with E-state index in [0.717, 1.165) is 29.0 Å². The molecule has 2 heterocycles. The number of alkyl halides is 3. The third kappa shape index (κ3) is 9.32. The summed E-state index contributed by atoms with van der Waals surface area (Å²) in [6, 6.07) is 8.21. The molecule has 2 amide bonds. The molecule has 1 aliphatic carbocycles. The summed E-state index contributed by atoms with van der Waals surface area (Å²) in [4.78, 5) is 35.5. The van der Waals surface area contributed by atoms with Crippen LogP contribution in [0.4, 0.5) is 28.8 Å². The van der Waals surface area contributed by atoms with Crippen LogP contribution in [0.1, 0.15) is 33.6 Å². The zero-order chi connectivity index (χ0) is 37.1. The molecule has 1 saturated heterocycles. The number of aromatic nitrogens is 1. The van der Waals surface area contributed by atoms with Crippen molar-refractivity contribution in [3.63, 3.8) is 0 Å². The van der Waals surface area contributed by atoms with Crippen LogP contribution in [-0.2, 0) is 19.6 Å². The van der Waals surface area contributed by atoms with E-state index in [1.165, 1.54) is 39.9 Å². The quantitative estimate of drug-likeness (QED) is 0.192. The maximum atomic E-state index is 14.0. The molecule has 2 aromatic carbocycles. The number of hydrogen-bond donors (Lipinski definition) is 2. The molecule has 2 N–H and O–H groups in total. The lowest BCUT2D eigenvalue weighted by molar-refractivity contribution is -0.274. The summed E-state index contributed by atoms with van der Waals surface area (Å²) in [5, 5.41) is 14.9. The van der Waals surface area contributed by atoms with Crippen molar-refractivity contribution in [1.82, 2.24) is 14.6 Å². The fourth-order valence-corrected chi connectivity index (χ4v) is 8.35. The number of rotatable bonds is 14. The van der Waals surface area contributed by atoms with Crippen LogP contribution in [-0.4, -0.2) is 85.8 Å². The lowest BCUT2D eigenvalue weighted by Crippen LogP contribution is -2.52. The van der Waals surface area contributed by atoms with Crippen molar-refractivity contribution in [2.75, 3.05) is 24.5 Å². The smallest absolute Gasteiger partial charge is 0.434 e. The Labute approximate surface area is 297 Å². The van der Waals surface area contributed by atoms with Crippen LogP contribution in [0.5, 0.6) is 5.75 Å². The molecule has 0 radical (unpaired) electrons. The lowest BCUT2D eigenvalue weighted by Gasteiger charge is -2.32. The number of nitrogens with one attached hydrogen (secondary N) is 1. The summed E-state index contributed by atoms with van der Waals surface area (Å²) in [6.45, 7) is 8.51. The number of carbonyl (C=O) groups is 2. The van der Waals surface area contributed by atoms with Crippen molar-refractivity contribution >= 4 is 61.1 Å². The number of hydrogen-bond acceptors (Lipinski definition) is 10. The summed E-state index contributed by atoms with van der Waals surface area (Å²) in [5.74, 6) is -1.38. The lowest BCUT2D eigenvalue weighted by atomic mass is 9.87. The number of fused-ring (bicyclic) bond motifs is 1. The summed E-state index contributed by atoms with van der Waals surface area (Å²) in [7, 11) is -4.15. The average molecular weight is 750 g/mol. The summed E-state index contributed by atoms with van der Waals surface area (Å²) in [6.07, 6.45) is -2.07. The first-order valence-electron chi connectivity index (χ1n) is 16.1. The van der Waals surface area contributed by atoms with E-state index >= 15 is 0 Å². The number of aliphatic imine (C=N–C) groups is 1. The Hall–Kier alpha value is -4.32. The molecule has 1 unspecified atom stereocenters. The predicted molar refractivity (Wildman–Crippen MR) is 187 cm³/mol. The standard InChI is InChI=1S/C34H38F3N5O7S2/c1-20(2)17-41(51(46,47)25-12-13-26-30(16-25)50-32(38-4)40-26)18-28(43)27(14-22-9-6-5-8-21(22)3)39-31(44)29-19-42(33(45)48-29)23-10-7-11-24(15-23)49-34(35,36)37/h5-7,9-13,15-16,20-21,27-29,43H,4,8,14,17-19H2,1-3H3,(H,39,44)/t21?,27-,28+,29-/m0/s1. The molecule has 17 heteroatoms. The van der Waals surface area contributed by atoms with E-state index in [2.05, 4.69) is 26.7 Å². The Morgan fingerprint density at radius 2 is 2.02 bits per heavy atom. The molecule has 0 bridgehead atoms. The van der Waals surface area contributed by atoms with Gasteiger partial charge in [0.15, 0.2) is 6.10 Å². The Kier molecular flexibility index (Phi) is 11.5. The normalized spacial score (nSPS) is 19.3. The van der Waals surface area contributed by atoms with Gasteiger partial charge in [0.05, 0.1) is 39.5 Å². The number of nitrogens with zero attached hydrogens (tertiary/aromatic N) is 4. The Balaban J connectivity index is 1.37. The first-order chi connectivity index (χ1) is 24.0. The molecule has 3 aromatic rings. The van der Waals surface area contributed by atoms with Crippen LogP contribution in [0.15, 0.2) is 76.2 Å². The van der Waals surface area contributed by atoms with Gasteiger partial charge in [-0.3, -0.25) is 9.69 Å². The van der Waals surface area contributed by atoms with E-state index in [4.69, 9.17) is 4.74 Å². The second-order valence-electron chi connectivity index (χ2n) is 12.7. The van der Waals surface area contributed by atoms with Gasteiger partial charge in [0, 0.05) is 19.2 Å². The Bertz CT molecular complexity index is 1950. The largest absolute Gasteiger partial charge is 0.573 e. The summed E-state index contributed by atoms with van der Waals surface area (Å²) >= 11 is 1.19. The van der Waals surface area contributed by atoms with Gasteiger partial charge in [-0.05, 0) is 61.7 Å². The maximum Gasteiger partial charge on any atom is 0.573 e. The molecule has 1 fully saturated rings. The average Bonchev–Trinajstić information content (AvgIpc) is 3.67. The topological polar surface area (TPSA) is 151 Å². The van der Waals surface area contributed by atoms with Crippen molar-refractivity contribution < 1.29 is 45.8 Å². The highest BCUT2D eigenvalue weighted by atomic mass is 32.2. The van der Waals surface area contributed by atoms with Crippen LogP contribution in [0.25, 0.3) is 10.2 Å². The minimum atomic E-state index is -4.95. The maximum absolute atomic E-state index is 14.0. The van der Waals surface area contributed by atoms with Crippen molar-refractivity contribution in [3.05, 3.63) is 66.3 Å². The summed E-state index contributed by atoms with van der Waals surface area (Å²) < 4.78 is 77.5. The van der Waals surface area contributed by atoms with Crippen molar-refractivity contribution in [1.29, 1.82) is 0 Å². The minimum Gasteiger partial charge on any atom is -0.434 e. The van der Waals surface area contributed by atoms with E-state index < -0.39 is 52.4 Å². The summed E-state index contributed by atoms with van der Waals surface area (Å²) in [5.41, 5.74) is 1.50. The monoisotopic (exact) mass is 749 g/mol. The van der Waals surface area contributed by atoms with Crippen LogP contribution in [0.3, 0.4) is 0 Å². The zero-order valence-electron chi connectivity index (χ0n) is 28.0. The number of sulfonamides is 1. The number of thiazole rings is 1. The van der Waals surface area contributed by atoms with E-state index in [1.807, 2.05) is 39.0 Å². The van der Waals surface area contributed by atoms with Crippen LogP contribution < -0.4 is 15.0 Å². The van der Waals surface area contributed by atoms with Crippen molar-refractivity contribution in [2.45, 2.75) is 63.1 Å². The highest BCUT2D eigenvalue weighted by Gasteiger charge is 2.40. The molecule has 51 heavy (non-hydrogen) atoms. The number of amides is 2. The van der Waals surface area contributed by atoms with Crippen molar-refractivity contribution in [2.24, 2.45) is 16.8 Å². The van der Waals surface area contributed by atoms with Gasteiger partial charge >= 0.3 is 12.5 Å². The highest BCUT2D eigenvalue weighted by molar-refractivity contribution is 7.89. The zero-order valence-corrected chi connectivity index (χ0v) is 29.7. The van der Waals surface area contributed by atoms with Gasteiger partial charge in [0.25, 0.3) is 5.91 Å². The first-order valence-corrected chi connectivity index (χ1v) is 18.3. The molecule has 4 atom stereocenters. The number of halogens is 3. The second kappa shape index (κ2) is 15.5. The molecule has 2 aliphatic rings. The number of benzene rings is 2. The molecule has 1 aromatic heterocycles. The number of allylic oxidation sites excluding steroid dienone is 3. The van der Waals surface area contributed by atoms with Crippen LogP contribution in [0, 0.1) is 11.8 Å². The molecule has 0 saturated carbocycles. The van der Waals surface area contributed by atoms with Crippen molar-refractivity contribution in [3.8, 4) is 5.75 Å². The van der Waals surface area contributed by atoms with Gasteiger partial charge in [-0.1, -0.05) is 62.0 Å². The molecular formula is C34H38F3N5O7S2. The number of aliphatic hydroxyl groups excluding tert-OH is 1. The van der Waals surface area contributed by atoms with E-state index in [9.17, 15) is 36.3 Å². The van der Waals surface area contributed by atoms with E-state index in [1.54, 1.807) is 6.07 Å². The Morgan fingerprint density at radius 3 is 2.71 bits per heavy atom. The molecule has 0 spiro atoms. The number of aliphatic hydroxyl groups is 1. The van der Waals surface area contributed by atoms with E-state index in [-0.39, 0.29) is 48.5 Å². The van der Waals surface area contributed by atoms with Gasteiger partial charge in [-0.2, -0.15) is 4.31 Å². The minimum absolute atomic E-state index is 0.000825. The van der Waals surface area contributed by atoms with Gasteiger partial charge in [0.1, 0.15) is 5.75 Å². The number of anilines is 1. The Morgan fingerprint density at radius 1 is 1.25 bits per heavy atom. The predicted octanol–water partition coefficient (Wildman–Crippen LogP) is 5.96. The molecular weight excluding hydrogens is 712 g/mol. The fraction of sp³-hybridized carbons (Fsp3) is 0.412. The second-order valence-corrected chi connectivity index (χ2v) is 15.7. The third-order valence-electron chi connectivity index (χ3n) is 8.37. The molecule has 5 rings (SSSR count). The third-order valence-corrected chi connectivity index (χ3v) is 11.1. The van der Waals surface area contributed by atoms with Crippen LogP contribution in [0.2, 0.25) is 0 Å². The van der Waals surface area contributed by atoms with Crippen LogP contribution >= 0.6 is 11.3 Å². The number of carbonyl (C=O) groups excluding carboxylic acids is 2. The van der Waals surface area contributed by atoms with Gasteiger partial charge in [-0.25, -0.2) is 23.2 Å². The van der Waals surface area contributed by atoms with Gasteiger partial charge in [0.2, 0.25) is 15.2 Å². The van der Waals surface area contributed by atoms with Gasteiger partial charge < -0.3 is 19.9 Å². The van der Waals surface area contributed by atoms with E-state index in [0.29, 0.717) is 15.3 Å². The molecule has 1 aliphatic heterocycles. The first kappa shape index (κ1) is 37.9. The molecule has 12 nitrogen and oxygen atoms in total. The number of ether oxygens (including phenoxy) is 2. The molecule has 274 valence electrons. The highest BCUT2D eigenvalue weighted by Crippen LogP contribution is 2.32. The SMILES string of the molecule is C=Nc1nc2ccc(S(=O)(=O)N(CC(C)C)C[C@@H](O)[C@H](CC3=CC=CCC3C)NC(=O)[C@@H]3CN(c4cccc(OC(F)(F)F)c4)C(=O)O3)cc2s1. The number of cyclic esters (lactones) is 1.